The summed E-state index contributed by atoms with van der Waals surface area (Å²) in [6, 6.07) is 112. The number of rotatable bonds is 12. The van der Waals surface area contributed by atoms with Gasteiger partial charge < -0.3 is 9.80 Å². The predicted octanol–water partition coefficient (Wildman–Crippen LogP) is 21.3. The van der Waals surface area contributed by atoms with E-state index in [0.29, 0.717) is 11.1 Å². The summed E-state index contributed by atoms with van der Waals surface area (Å²) < 4.78 is 0. The fourth-order valence-corrected chi connectivity index (χ4v) is 12.0. The second-order valence-corrected chi connectivity index (χ2v) is 20.6. The molecule has 0 aliphatic heterocycles. The van der Waals surface area contributed by atoms with Crippen LogP contribution in [0.15, 0.2) is 303 Å². The van der Waals surface area contributed by atoms with Gasteiger partial charge in [-0.05, 0) is 138 Å². The first-order valence-electron chi connectivity index (χ1n) is 27.6. The third-order valence-corrected chi connectivity index (χ3v) is 15.9. The highest BCUT2D eigenvalue weighted by molar-refractivity contribution is 6.27. The van der Waals surface area contributed by atoms with Crippen molar-refractivity contribution in [3.8, 4) is 78.9 Å². The van der Waals surface area contributed by atoms with Gasteiger partial charge in [0.25, 0.3) is 0 Å². The minimum atomic E-state index is 0.536. The first-order chi connectivity index (χ1) is 40.6. The highest BCUT2D eigenvalue weighted by Crippen LogP contribution is 2.51. The van der Waals surface area contributed by atoms with Gasteiger partial charge in [-0.2, -0.15) is 10.5 Å². The number of benzene rings is 14. The first-order valence-corrected chi connectivity index (χ1v) is 27.6. The zero-order valence-corrected chi connectivity index (χ0v) is 44.7. The SMILES string of the molecule is N#Cc1c(N(c2ccc(-c3ccccc3)cc2)c2ccc(-c3ccccc3)cc2-c2ccccc2)cc2ccc3c(C#N)c(N(c4ccc(-c5ccccc5)cc4)c4ccc(-c5ccccc5)cc4-c4ccccc4)cc4ccc1c2c43. The van der Waals surface area contributed by atoms with Gasteiger partial charge in [0.05, 0.1) is 33.9 Å². The molecule has 82 heavy (non-hydrogen) atoms. The number of anilines is 6. The summed E-state index contributed by atoms with van der Waals surface area (Å²) in [5, 5.41) is 28.8. The van der Waals surface area contributed by atoms with E-state index < -0.39 is 0 Å². The molecule has 0 heterocycles. The standard InChI is InChI=1S/C78H50N4/c79-51-71-67-43-36-64-50-76(82(66-41-33-58(34-42-66)54-21-9-2-10-22-54)74-46-38-62(56-25-13-4-14-26-56)48-70(74)60-29-17-6-18-30-60)72(52-80)68-44-35-63(77(67)78(64)68)49-75(71)81(65-39-31-57(32-40-65)53-19-7-1-8-20-53)73-45-37-61(55-23-11-3-12-24-55)47-69(73)59-27-15-5-16-28-59/h1-50H. The smallest absolute Gasteiger partial charge is 0.102 e. The molecule has 0 amide bonds. The van der Waals surface area contributed by atoms with E-state index in [2.05, 4.69) is 289 Å². The Morgan fingerprint density at radius 1 is 0.232 bits per heavy atom. The van der Waals surface area contributed by atoms with Gasteiger partial charge in [-0.1, -0.05) is 243 Å². The van der Waals surface area contributed by atoms with Gasteiger partial charge in [0, 0.05) is 33.3 Å². The molecule has 14 aromatic rings. The minimum absolute atomic E-state index is 0.536. The maximum Gasteiger partial charge on any atom is 0.102 e. The third kappa shape index (κ3) is 8.84. The highest BCUT2D eigenvalue weighted by atomic mass is 15.2. The Bertz CT molecular complexity index is 4400. The first kappa shape index (κ1) is 49.0. The number of hydrogen-bond acceptors (Lipinski definition) is 4. The summed E-state index contributed by atoms with van der Waals surface area (Å²) in [6.07, 6.45) is 0. The molecule has 4 heteroatoms. The van der Waals surface area contributed by atoms with Crippen LogP contribution in [-0.4, -0.2) is 0 Å². The zero-order valence-electron chi connectivity index (χ0n) is 44.7. The number of nitrogens with zero attached hydrogens (tertiary/aromatic N) is 4. The maximum atomic E-state index is 11.7. The minimum Gasteiger partial charge on any atom is -0.308 e. The van der Waals surface area contributed by atoms with Crippen LogP contribution in [0, 0.1) is 22.7 Å². The molecule has 0 bridgehead atoms. The normalized spacial score (nSPS) is 11.1. The van der Waals surface area contributed by atoms with Gasteiger partial charge in [0.2, 0.25) is 0 Å². The molecular weight excluding hydrogens is 993 g/mol. The molecule has 0 atom stereocenters. The van der Waals surface area contributed by atoms with E-state index in [1.807, 2.05) is 36.4 Å². The van der Waals surface area contributed by atoms with Crippen LogP contribution in [0.5, 0.6) is 0 Å². The van der Waals surface area contributed by atoms with Crippen molar-refractivity contribution < 1.29 is 0 Å². The van der Waals surface area contributed by atoms with E-state index in [0.717, 1.165) is 133 Å². The van der Waals surface area contributed by atoms with Crippen molar-refractivity contribution in [2.75, 3.05) is 9.80 Å². The Balaban J connectivity index is 0.989. The number of nitriles is 2. The lowest BCUT2D eigenvalue weighted by Crippen LogP contribution is -2.14. The van der Waals surface area contributed by atoms with E-state index in [4.69, 9.17) is 0 Å². The topological polar surface area (TPSA) is 54.1 Å². The Morgan fingerprint density at radius 2 is 0.512 bits per heavy atom. The Kier molecular flexibility index (Phi) is 12.6. The fourth-order valence-electron chi connectivity index (χ4n) is 12.0. The average molecular weight is 1040 g/mol. The molecule has 0 radical (unpaired) electrons. The summed E-state index contributed by atoms with van der Waals surface area (Å²) in [7, 11) is 0. The quantitative estimate of drug-likeness (QED) is 0.114. The van der Waals surface area contributed by atoms with Crippen LogP contribution in [0.2, 0.25) is 0 Å². The van der Waals surface area contributed by atoms with Crippen LogP contribution in [0.4, 0.5) is 34.1 Å². The molecule has 14 aromatic carbocycles. The zero-order chi connectivity index (χ0) is 54.9. The predicted molar refractivity (Wildman–Crippen MR) is 342 cm³/mol. The van der Waals surface area contributed by atoms with Gasteiger partial charge in [0.1, 0.15) is 12.1 Å². The molecule has 0 spiro atoms. The molecule has 0 aliphatic rings. The summed E-state index contributed by atoms with van der Waals surface area (Å²) in [5.74, 6) is 0. The molecule has 0 saturated heterocycles. The van der Waals surface area contributed by atoms with Crippen molar-refractivity contribution in [1.29, 1.82) is 10.5 Å². The molecule has 0 aromatic heterocycles. The summed E-state index contributed by atoms with van der Waals surface area (Å²) in [4.78, 5) is 4.51. The third-order valence-electron chi connectivity index (χ3n) is 15.9. The van der Waals surface area contributed by atoms with Crippen molar-refractivity contribution >= 4 is 66.4 Å². The molecule has 0 N–H and O–H groups in total. The molecule has 0 saturated carbocycles. The van der Waals surface area contributed by atoms with E-state index in [-0.39, 0.29) is 0 Å². The van der Waals surface area contributed by atoms with Crippen LogP contribution < -0.4 is 9.80 Å². The molecule has 4 nitrogen and oxygen atoms in total. The monoisotopic (exact) mass is 1040 g/mol. The summed E-state index contributed by atoms with van der Waals surface area (Å²) >= 11 is 0. The van der Waals surface area contributed by atoms with Crippen molar-refractivity contribution in [2.24, 2.45) is 0 Å². The van der Waals surface area contributed by atoms with Crippen LogP contribution in [0.25, 0.3) is 99.1 Å². The van der Waals surface area contributed by atoms with Crippen LogP contribution in [0.3, 0.4) is 0 Å². The maximum absolute atomic E-state index is 11.7. The molecule has 0 fully saturated rings. The Labute approximate surface area is 477 Å². The molecule has 0 unspecified atom stereocenters. The Hall–Kier alpha value is -11.3. The van der Waals surface area contributed by atoms with E-state index in [1.165, 1.54) is 0 Å². The number of hydrogen-bond donors (Lipinski definition) is 0. The molecule has 14 rings (SSSR count). The highest BCUT2D eigenvalue weighted by Gasteiger charge is 2.28. The van der Waals surface area contributed by atoms with E-state index >= 15 is 0 Å². The van der Waals surface area contributed by atoms with Gasteiger partial charge in [-0.3, -0.25) is 0 Å². The van der Waals surface area contributed by atoms with Gasteiger partial charge in [0.15, 0.2) is 0 Å². The lowest BCUT2D eigenvalue weighted by atomic mass is 9.88. The van der Waals surface area contributed by atoms with Crippen molar-refractivity contribution in [3.63, 3.8) is 0 Å². The summed E-state index contributed by atoms with van der Waals surface area (Å²) in [5.41, 5.74) is 19.3. The van der Waals surface area contributed by atoms with Crippen molar-refractivity contribution in [1.82, 2.24) is 0 Å². The second kappa shape index (κ2) is 21.2. The Morgan fingerprint density at radius 3 is 0.829 bits per heavy atom. The second-order valence-electron chi connectivity index (χ2n) is 20.6. The van der Waals surface area contributed by atoms with Crippen LogP contribution in [-0.2, 0) is 0 Å². The fraction of sp³-hybridized carbons (Fsp3) is 0. The van der Waals surface area contributed by atoms with E-state index in [9.17, 15) is 10.5 Å². The van der Waals surface area contributed by atoms with Gasteiger partial charge in [-0.25, -0.2) is 0 Å². The van der Waals surface area contributed by atoms with Gasteiger partial charge >= 0.3 is 0 Å². The van der Waals surface area contributed by atoms with Crippen LogP contribution in [0.1, 0.15) is 11.1 Å². The van der Waals surface area contributed by atoms with E-state index in [1.54, 1.807) is 0 Å². The summed E-state index contributed by atoms with van der Waals surface area (Å²) in [6.45, 7) is 0. The van der Waals surface area contributed by atoms with Crippen molar-refractivity contribution in [2.45, 2.75) is 0 Å². The average Bonchev–Trinajstić information content (AvgIpc) is 2.96. The van der Waals surface area contributed by atoms with Crippen LogP contribution >= 0.6 is 0 Å². The lowest BCUT2D eigenvalue weighted by Gasteiger charge is -2.31. The lowest BCUT2D eigenvalue weighted by molar-refractivity contribution is 1.28. The van der Waals surface area contributed by atoms with Gasteiger partial charge in [-0.15, -0.1) is 0 Å². The largest absolute Gasteiger partial charge is 0.308 e. The molecular formula is C78H50N4. The molecule has 382 valence electrons. The van der Waals surface area contributed by atoms with Crippen molar-refractivity contribution in [3.05, 3.63) is 314 Å². The molecule has 0 aliphatic carbocycles.